The first-order valence-corrected chi connectivity index (χ1v) is 6.37. The van der Waals surface area contributed by atoms with Gasteiger partial charge in [-0.15, -0.1) is 0 Å². The summed E-state index contributed by atoms with van der Waals surface area (Å²) in [7, 11) is 0. The van der Waals surface area contributed by atoms with Crippen molar-refractivity contribution in [1.29, 1.82) is 0 Å². The molecular weight excluding hydrogens is 196 g/mol. The van der Waals surface area contributed by atoms with Gasteiger partial charge in [0.05, 0.1) is 0 Å². The minimum Gasteiger partial charge on any atom is -0.461 e. The van der Waals surface area contributed by atoms with E-state index in [0.29, 0.717) is 5.92 Å². The number of rotatable bonds is 2. The van der Waals surface area contributed by atoms with Crippen LogP contribution in [0, 0.1) is 5.92 Å². The van der Waals surface area contributed by atoms with Gasteiger partial charge in [-0.2, -0.15) is 0 Å². The van der Waals surface area contributed by atoms with E-state index in [2.05, 4.69) is 31.2 Å². The first kappa shape index (κ1) is 9.95. The maximum Gasteiger partial charge on any atom is 0.129 e. The summed E-state index contributed by atoms with van der Waals surface area (Å²) in [5, 5.41) is 0. The Kier molecular flexibility index (Phi) is 2.47. The second-order valence-electron chi connectivity index (χ2n) is 4.77. The quantitative estimate of drug-likeness (QED) is 0.667. The van der Waals surface area contributed by atoms with Crippen molar-refractivity contribution in [3.05, 3.63) is 47.0 Å². The van der Waals surface area contributed by atoms with Crippen LogP contribution in [-0.4, -0.2) is 0 Å². The summed E-state index contributed by atoms with van der Waals surface area (Å²) in [6.07, 6.45) is 14.8. The van der Waals surface area contributed by atoms with Gasteiger partial charge in [0, 0.05) is 11.5 Å². The van der Waals surface area contributed by atoms with Gasteiger partial charge in [0.1, 0.15) is 11.5 Å². The molecule has 0 radical (unpaired) electrons. The van der Waals surface area contributed by atoms with E-state index in [1.165, 1.54) is 48.3 Å². The Morgan fingerprint density at radius 1 is 1.44 bits per heavy atom. The normalized spacial score (nSPS) is 26.9. The van der Waals surface area contributed by atoms with Crippen LogP contribution in [0.25, 0.3) is 0 Å². The van der Waals surface area contributed by atoms with Gasteiger partial charge in [0.25, 0.3) is 0 Å². The van der Waals surface area contributed by atoms with Crippen LogP contribution in [-0.2, 0) is 4.74 Å². The lowest BCUT2D eigenvalue weighted by Gasteiger charge is -2.16. The van der Waals surface area contributed by atoms with E-state index in [1.807, 2.05) is 0 Å². The number of ether oxygens (including phenoxy) is 1. The topological polar surface area (TPSA) is 9.23 Å². The molecule has 1 heterocycles. The highest BCUT2D eigenvalue weighted by Crippen LogP contribution is 2.46. The van der Waals surface area contributed by atoms with E-state index < -0.39 is 0 Å². The molecule has 1 aliphatic heterocycles. The first-order chi connectivity index (χ1) is 7.90. The van der Waals surface area contributed by atoms with Crippen LogP contribution in [0.1, 0.15) is 39.0 Å². The van der Waals surface area contributed by atoms with Crippen molar-refractivity contribution in [2.24, 2.45) is 5.92 Å². The second-order valence-corrected chi connectivity index (χ2v) is 4.77. The zero-order valence-electron chi connectivity index (χ0n) is 9.83. The summed E-state index contributed by atoms with van der Waals surface area (Å²) in [4.78, 5) is 0. The molecule has 1 atom stereocenters. The fourth-order valence-electron chi connectivity index (χ4n) is 2.90. The molecule has 0 saturated carbocycles. The molecule has 2 aliphatic carbocycles. The molecule has 1 nitrogen and oxygen atoms in total. The summed E-state index contributed by atoms with van der Waals surface area (Å²) in [5.74, 6) is 2.90. The first-order valence-electron chi connectivity index (χ1n) is 6.37. The SMILES string of the molecule is CCCC1=C2OC3=CC=CCC3C2=CCC1. The van der Waals surface area contributed by atoms with Crippen LogP contribution in [0.15, 0.2) is 47.0 Å². The van der Waals surface area contributed by atoms with Crippen molar-refractivity contribution in [1.82, 2.24) is 0 Å². The molecule has 0 bridgehead atoms. The lowest BCUT2D eigenvalue weighted by molar-refractivity contribution is 0.320. The van der Waals surface area contributed by atoms with Crippen LogP contribution < -0.4 is 0 Å². The maximum atomic E-state index is 6.06. The van der Waals surface area contributed by atoms with Crippen molar-refractivity contribution >= 4 is 0 Å². The molecule has 0 aromatic rings. The summed E-state index contributed by atoms with van der Waals surface area (Å²) < 4.78 is 6.06. The molecule has 3 aliphatic rings. The monoisotopic (exact) mass is 214 g/mol. The predicted molar refractivity (Wildman–Crippen MR) is 65.7 cm³/mol. The van der Waals surface area contributed by atoms with E-state index in [9.17, 15) is 0 Å². The molecule has 1 fully saturated rings. The molecule has 1 heteroatoms. The third kappa shape index (κ3) is 1.46. The Bertz CT molecular complexity index is 421. The van der Waals surface area contributed by atoms with E-state index in [-0.39, 0.29) is 0 Å². The van der Waals surface area contributed by atoms with Crippen LogP contribution >= 0.6 is 0 Å². The van der Waals surface area contributed by atoms with Crippen molar-refractivity contribution in [2.75, 3.05) is 0 Å². The molecule has 16 heavy (non-hydrogen) atoms. The summed E-state index contributed by atoms with van der Waals surface area (Å²) >= 11 is 0. The summed E-state index contributed by atoms with van der Waals surface area (Å²) in [5.41, 5.74) is 3.00. The van der Waals surface area contributed by atoms with Gasteiger partial charge in [-0.1, -0.05) is 31.6 Å². The zero-order chi connectivity index (χ0) is 11.0. The molecular formula is C15H18O. The van der Waals surface area contributed by atoms with E-state index in [0.717, 1.165) is 6.42 Å². The van der Waals surface area contributed by atoms with E-state index in [1.54, 1.807) is 0 Å². The highest BCUT2D eigenvalue weighted by Gasteiger charge is 2.35. The fraction of sp³-hybridized carbons (Fsp3) is 0.467. The van der Waals surface area contributed by atoms with Crippen molar-refractivity contribution < 1.29 is 4.74 Å². The molecule has 3 rings (SSSR count). The van der Waals surface area contributed by atoms with Gasteiger partial charge >= 0.3 is 0 Å². The van der Waals surface area contributed by atoms with E-state index in [4.69, 9.17) is 4.74 Å². The molecule has 0 amide bonds. The lowest BCUT2D eigenvalue weighted by atomic mass is 9.86. The molecule has 0 N–H and O–H groups in total. The van der Waals surface area contributed by atoms with Crippen molar-refractivity contribution in [3.63, 3.8) is 0 Å². The smallest absolute Gasteiger partial charge is 0.129 e. The van der Waals surface area contributed by atoms with Gasteiger partial charge < -0.3 is 4.74 Å². The van der Waals surface area contributed by atoms with Crippen molar-refractivity contribution in [2.45, 2.75) is 39.0 Å². The molecule has 84 valence electrons. The Morgan fingerprint density at radius 3 is 3.25 bits per heavy atom. The van der Waals surface area contributed by atoms with Crippen molar-refractivity contribution in [3.8, 4) is 0 Å². The largest absolute Gasteiger partial charge is 0.461 e. The predicted octanol–water partition coefficient (Wildman–Crippen LogP) is 4.25. The molecule has 1 saturated heterocycles. The molecule has 1 unspecified atom stereocenters. The number of hydrogen-bond acceptors (Lipinski definition) is 1. The Morgan fingerprint density at radius 2 is 2.38 bits per heavy atom. The third-order valence-corrected chi connectivity index (χ3v) is 3.65. The average Bonchev–Trinajstić information content (AvgIpc) is 2.69. The zero-order valence-corrected chi connectivity index (χ0v) is 9.83. The number of allylic oxidation sites excluding steroid dienone is 7. The fourth-order valence-corrected chi connectivity index (χ4v) is 2.90. The minimum atomic E-state index is 0.521. The van der Waals surface area contributed by atoms with Gasteiger partial charge in [-0.25, -0.2) is 0 Å². The highest BCUT2D eigenvalue weighted by molar-refractivity contribution is 5.46. The minimum absolute atomic E-state index is 0.521. The van der Waals surface area contributed by atoms with E-state index >= 15 is 0 Å². The van der Waals surface area contributed by atoms with Crippen LogP contribution in [0.5, 0.6) is 0 Å². The summed E-state index contributed by atoms with van der Waals surface area (Å²) in [6.45, 7) is 2.24. The molecule has 0 aromatic heterocycles. The molecule has 0 aromatic carbocycles. The van der Waals surface area contributed by atoms with Gasteiger partial charge in [-0.05, 0) is 37.3 Å². The van der Waals surface area contributed by atoms with Crippen LogP contribution in [0.2, 0.25) is 0 Å². The highest BCUT2D eigenvalue weighted by atomic mass is 16.5. The second kappa shape index (κ2) is 3.97. The van der Waals surface area contributed by atoms with Gasteiger partial charge in [0.2, 0.25) is 0 Å². The number of hydrogen-bond donors (Lipinski definition) is 0. The van der Waals surface area contributed by atoms with Crippen LogP contribution in [0.3, 0.4) is 0 Å². The standard InChI is InChI=1S/C15H18O/c1-2-6-11-7-5-9-13-12-8-3-4-10-14(12)16-15(11)13/h3-4,9-10,12H,2,5-8H2,1H3. The Balaban J connectivity index is 1.98. The summed E-state index contributed by atoms with van der Waals surface area (Å²) in [6, 6.07) is 0. The average molecular weight is 214 g/mol. The lowest BCUT2D eigenvalue weighted by Crippen LogP contribution is -2.04. The third-order valence-electron chi connectivity index (χ3n) is 3.65. The van der Waals surface area contributed by atoms with Gasteiger partial charge in [0.15, 0.2) is 0 Å². The van der Waals surface area contributed by atoms with Gasteiger partial charge in [-0.3, -0.25) is 0 Å². The van der Waals surface area contributed by atoms with Crippen LogP contribution in [0.4, 0.5) is 0 Å². The number of fused-ring (bicyclic) bond motifs is 3. The Hall–Kier alpha value is -1.24. The molecule has 0 spiro atoms. The maximum absolute atomic E-state index is 6.06. The Labute approximate surface area is 97.2 Å².